The lowest BCUT2D eigenvalue weighted by Gasteiger charge is -2.17. The molecule has 0 amide bonds. The molecule has 0 radical (unpaired) electrons. The Bertz CT molecular complexity index is 385. The van der Waals surface area contributed by atoms with Gasteiger partial charge in [0.05, 0.1) is 0 Å². The van der Waals surface area contributed by atoms with E-state index in [9.17, 15) is 0 Å². The molecule has 2 aliphatic carbocycles. The van der Waals surface area contributed by atoms with Gasteiger partial charge >= 0.3 is 0 Å². The molecule has 0 saturated heterocycles. The van der Waals surface area contributed by atoms with Gasteiger partial charge in [0.1, 0.15) is 16.8 Å². The number of hydrogen-bond donors (Lipinski definition) is 0. The van der Waals surface area contributed by atoms with Crippen LogP contribution in [0.15, 0.2) is 6.07 Å². The summed E-state index contributed by atoms with van der Waals surface area (Å²) in [6, 6.07) is 2.54. The van der Waals surface area contributed by atoms with Gasteiger partial charge in [0.25, 0.3) is 0 Å². The first kappa shape index (κ1) is 9.40. The van der Waals surface area contributed by atoms with E-state index >= 15 is 0 Å². The highest BCUT2D eigenvalue weighted by Gasteiger charge is 2.30. The van der Waals surface area contributed by atoms with E-state index < -0.39 is 0 Å². The van der Waals surface area contributed by atoms with Crippen molar-refractivity contribution in [2.24, 2.45) is 0 Å². The minimum atomic E-state index is 0.565. The third-order valence-electron chi connectivity index (χ3n) is 3.10. The Morgan fingerprint density at radius 1 is 1.27 bits per heavy atom. The molecule has 4 heteroatoms. The normalized spacial score (nSPS) is 20.4. The molecule has 1 aromatic heterocycles. The SMILES string of the molecule is CN(c1cc(Cl)nc(C2CC2)n1)C1CC1. The average Bonchev–Trinajstić information content (AvgIpc) is 3.04. The van der Waals surface area contributed by atoms with Crippen molar-refractivity contribution in [3.05, 3.63) is 17.0 Å². The van der Waals surface area contributed by atoms with Crippen LogP contribution >= 0.6 is 11.6 Å². The Morgan fingerprint density at radius 3 is 2.60 bits per heavy atom. The van der Waals surface area contributed by atoms with Crippen LogP contribution < -0.4 is 4.90 Å². The van der Waals surface area contributed by atoms with Gasteiger partial charge in [-0.2, -0.15) is 0 Å². The topological polar surface area (TPSA) is 29.0 Å². The van der Waals surface area contributed by atoms with Crippen LogP contribution in [0.5, 0.6) is 0 Å². The van der Waals surface area contributed by atoms with E-state index in [1.165, 1.54) is 25.7 Å². The fraction of sp³-hybridized carbons (Fsp3) is 0.636. The molecule has 15 heavy (non-hydrogen) atoms. The van der Waals surface area contributed by atoms with Crippen molar-refractivity contribution in [2.45, 2.75) is 37.6 Å². The second-order valence-corrected chi connectivity index (χ2v) is 4.91. The maximum Gasteiger partial charge on any atom is 0.135 e. The number of hydrogen-bond acceptors (Lipinski definition) is 3. The van der Waals surface area contributed by atoms with Crippen LogP contribution in [0.3, 0.4) is 0 Å². The van der Waals surface area contributed by atoms with Gasteiger partial charge < -0.3 is 4.90 Å². The quantitative estimate of drug-likeness (QED) is 0.738. The van der Waals surface area contributed by atoms with Gasteiger partial charge in [0.15, 0.2) is 0 Å². The zero-order valence-corrected chi connectivity index (χ0v) is 9.54. The number of rotatable bonds is 3. The molecule has 2 saturated carbocycles. The number of nitrogens with zero attached hydrogens (tertiary/aromatic N) is 3. The molecular weight excluding hydrogens is 210 g/mol. The van der Waals surface area contributed by atoms with Crippen LogP contribution in [0.4, 0.5) is 5.82 Å². The van der Waals surface area contributed by atoms with Gasteiger partial charge in [0, 0.05) is 25.1 Å². The van der Waals surface area contributed by atoms with Gasteiger partial charge in [-0.15, -0.1) is 0 Å². The van der Waals surface area contributed by atoms with E-state index in [4.69, 9.17) is 11.6 Å². The summed E-state index contributed by atoms with van der Waals surface area (Å²) >= 11 is 6.01. The lowest BCUT2D eigenvalue weighted by Crippen LogP contribution is -2.21. The van der Waals surface area contributed by atoms with Gasteiger partial charge in [-0.3, -0.25) is 0 Å². The zero-order chi connectivity index (χ0) is 10.4. The van der Waals surface area contributed by atoms with Crippen molar-refractivity contribution >= 4 is 17.4 Å². The first-order valence-electron chi connectivity index (χ1n) is 5.51. The summed E-state index contributed by atoms with van der Waals surface area (Å²) in [7, 11) is 2.09. The molecule has 0 N–H and O–H groups in total. The van der Waals surface area contributed by atoms with Crippen LogP contribution in [0.25, 0.3) is 0 Å². The molecule has 3 nitrogen and oxygen atoms in total. The maximum absolute atomic E-state index is 6.01. The number of halogens is 1. The molecule has 0 unspecified atom stereocenters. The smallest absolute Gasteiger partial charge is 0.135 e. The van der Waals surface area contributed by atoms with Gasteiger partial charge in [-0.1, -0.05) is 11.6 Å². The van der Waals surface area contributed by atoms with E-state index in [1.807, 2.05) is 6.07 Å². The highest BCUT2D eigenvalue weighted by molar-refractivity contribution is 6.29. The fourth-order valence-electron chi connectivity index (χ4n) is 1.78. The Kier molecular flexibility index (Phi) is 2.09. The highest BCUT2D eigenvalue weighted by Crippen LogP contribution is 2.39. The minimum Gasteiger partial charge on any atom is -0.357 e. The van der Waals surface area contributed by atoms with Crippen molar-refractivity contribution < 1.29 is 0 Å². The molecule has 2 fully saturated rings. The second kappa shape index (κ2) is 3.34. The Balaban J connectivity index is 1.91. The highest BCUT2D eigenvalue weighted by atomic mass is 35.5. The van der Waals surface area contributed by atoms with Crippen molar-refractivity contribution in [1.82, 2.24) is 9.97 Å². The largest absolute Gasteiger partial charge is 0.357 e. The number of anilines is 1. The lowest BCUT2D eigenvalue weighted by atomic mass is 10.4. The Labute approximate surface area is 94.5 Å². The zero-order valence-electron chi connectivity index (χ0n) is 8.78. The molecule has 80 valence electrons. The third-order valence-corrected chi connectivity index (χ3v) is 3.29. The summed E-state index contributed by atoms with van der Waals surface area (Å²) in [5, 5.41) is 0.578. The van der Waals surface area contributed by atoms with Crippen molar-refractivity contribution in [1.29, 1.82) is 0 Å². The van der Waals surface area contributed by atoms with Crippen LogP contribution in [0, 0.1) is 0 Å². The summed E-state index contributed by atoms with van der Waals surface area (Å²) in [6.07, 6.45) is 4.98. The summed E-state index contributed by atoms with van der Waals surface area (Å²) in [5.41, 5.74) is 0. The van der Waals surface area contributed by atoms with Gasteiger partial charge in [-0.05, 0) is 25.7 Å². The molecule has 0 aromatic carbocycles. The Morgan fingerprint density at radius 2 is 2.00 bits per heavy atom. The van der Waals surface area contributed by atoms with E-state index in [0.29, 0.717) is 17.1 Å². The third kappa shape index (κ3) is 1.93. The molecule has 3 rings (SSSR count). The van der Waals surface area contributed by atoms with Crippen LogP contribution in [0.2, 0.25) is 5.15 Å². The Hall–Kier alpha value is -0.830. The average molecular weight is 224 g/mol. The molecule has 0 bridgehead atoms. The minimum absolute atomic E-state index is 0.565. The fourth-order valence-corrected chi connectivity index (χ4v) is 1.96. The summed E-state index contributed by atoms with van der Waals surface area (Å²) in [6.45, 7) is 0. The van der Waals surface area contributed by atoms with E-state index in [0.717, 1.165) is 11.6 Å². The van der Waals surface area contributed by atoms with Crippen LogP contribution in [-0.4, -0.2) is 23.1 Å². The van der Waals surface area contributed by atoms with Crippen molar-refractivity contribution in [2.75, 3.05) is 11.9 Å². The predicted molar refractivity (Wildman–Crippen MR) is 60.4 cm³/mol. The standard InChI is InChI=1S/C11H14ClN3/c1-15(8-4-5-8)10-6-9(12)13-11(14-10)7-2-3-7/h6-8H,2-5H2,1H3. The second-order valence-electron chi connectivity index (χ2n) is 4.52. The lowest BCUT2D eigenvalue weighted by molar-refractivity contribution is 0.850. The summed E-state index contributed by atoms with van der Waals surface area (Å²) in [4.78, 5) is 11.1. The van der Waals surface area contributed by atoms with Gasteiger partial charge in [0.2, 0.25) is 0 Å². The van der Waals surface area contributed by atoms with Gasteiger partial charge in [-0.25, -0.2) is 9.97 Å². The molecule has 0 aliphatic heterocycles. The van der Waals surface area contributed by atoms with Crippen molar-refractivity contribution in [3.8, 4) is 0 Å². The summed E-state index contributed by atoms with van der Waals surface area (Å²) < 4.78 is 0. The number of aromatic nitrogens is 2. The first-order chi connectivity index (χ1) is 7.24. The predicted octanol–water partition coefficient (Wildman–Crippen LogP) is 2.61. The van der Waals surface area contributed by atoms with E-state index in [-0.39, 0.29) is 0 Å². The van der Waals surface area contributed by atoms with E-state index in [2.05, 4.69) is 21.9 Å². The van der Waals surface area contributed by atoms with E-state index in [1.54, 1.807) is 0 Å². The monoisotopic (exact) mass is 223 g/mol. The summed E-state index contributed by atoms with van der Waals surface area (Å²) in [5.74, 6) is 2.49. The first-order valence-corrected chi connectivity index (χ1v) is 5.89. The molecule has 0 spiro atoms. The molecule has 1 aromatic rings. The maximum atomic E-state index is 6.01. The van der Waals surface area contributed by atoms with Crippen molar-refractivity contribution in [3.63, 3.8) is 0 Å². The molecule has 1 heterocycles. The molecular formula is C11H14ClN3. The van der Waals surface area contributed by atoms with Crippen LogP contribution in [0.1, 0.15) is 37.4 Å². The van der Waals surface area contributed by atoms with Crippen LogP contribution in [-0.2, 0) is 0 Å². The molecule has 2 aliphatic rings. The molecule has 0 atom stereocenters.